The molecule has 1 nitrogen and oxygen atoms in total. The fourth-order valence-electron chi connectivity index (χ4n) is 0.787. The molecule has 0 bridgehead atoms. The first kappa shape index (κ1) is 14.2. The molecule has 0 saturated heterocycles. The van der Waals surface area contributed by atoms with Crippen LogP contribution < -0.4 is 56.8 Å². The van der Waals surface area contributed by atoms with Crippen molar-refractivity contribution in [1.29, 1.82) is 0 Å². The van der Waals surface area contributed by atoms with E-state index < -0.39 is 12.4 Å². The minimum atomic E-state index is -4.84. The Morgan fingerprint density at radius 3 is 2.46 bits per heavy atom. The van der Waals surface area contributed by atoms with Gasteiger partial charge in [0.2, 0.25) is 0 Å². The first-order valence-electron chi connectivity index (χ1n) is 3.30. The Balaban J connectivity index is 0.00000144. The van der Waals surface area contributed by atoms with Crippen molar-refractivity contribution in [2.24, 2.45) is 0 Å². The normalized spacial score (nSPS) is 11.1. The van der Waals surface area contributed by atoms with Gasteiger partial charge in [-0.2, -0.15) is 0 Å². The minimum Gasteiger partial charge on any atom is -0.445 e. The van der Waals surface area contributed by atoms with Crippen LogP contribution in [0.1, 0.15) is 4.88 Å². The van der Waals surface area contributed by atoms with Crippen molar-refractivity contribution < 1.29 is 69.1 Å². The Morgan fingerprint density at radius 1 is 1.46 bits per heavy atom. The maximum absolute atomic E-state index is 12.1. The minimum absolute atomic E-state index is 0. The van der Waals surface area contributed by atoms with Gasteiger partial charge in [-0.3, -0.25) is 0 Å². The second-order valence-corrected chi connectivity index (χ2v) is 3.35. The Hall–Kier alpha value is 1.15. The molecule has 1 aromatic rings. The Morgan fingerprint density at radius 2 is 2.08 bits per heavy atom. The van der Waals surface area contributed by atoms with Crippen molar-refractivity contribution in [1.82, 2.24) is 0 Å². The summed E-state index contributed by atoms with van der Waals surface area (Å²) in [5.74, 6) is 0. The molecule has 0 aliphatic heterocycles. The first-order chi connectivity index (χ1) is 5.54. The maximum Gasteiger partial charge on any atom is 1.00 e. The fourth-order valence-corrected chi connectivity index (χ4v) is 1.69. The topological polar surface area (TPSA) is 9.23 Å². The molecular formula is C6H7BF3KOS. The van der Waals surface area contributed by atoms with Crippen molar-refractivity contribution in [2.45, 2.75) is 6.61 Å². The van der Waals surface area contributed by atoms with Crippen LogP contribution in [0.5, 0.6) is 0 Å². The van der Waals surface area contributed by atoms with Gasteiger partial charge in [-0.05, 0) is 5.38 Å². The first-order valence-corrected chi connectivity index (χ1v) is 4.18. The van der Waals surface area contributed by atoms with Gasteiger partial charge in [0.05, 0.1) is 6.61 Å². The summed E-state index contributed by atoms with van der Waals surface area (Å²) in [5.41, 5.74) is -0.535. The van der Waals surface area contributed by atoms with E-state index in [4.69, 9.17) is 4.74 Å². The fraction of sp³-hybridized carbons (Fsp3) is 0.333. The summed E-state index contributed by atoms with van der Waals surface area (Å²) in [6.45, 7) is -4.60. The molecule has 1 aromatic heterocycles. The molecule has 0 aromatic carbocycles. The zero-order valence-electron chi connectivity index (χ0n) is 7.39. The maximum atomic E-state index is 12.1. The molecule has 0 atom stereocenters. The van der Waals surface area contributed by atoms with Gasteiger partial charge in [0.1, 0.15) is 0 Å². The molecule has 0 aliphatic rings. The molecule has 1 rings (SSSR count). The van der Waals surface area contributed by atoms with Gasteiger partial charge in [-0.25, -0.2) is 0 Å². The molecule has 0 amide bonds. The van der Waals surface area contributed by atoms with Crippen molar-refractivity contribution >= 4 is 23.8 Å². The predicted molar refractivity (Wildman–Crippen MR) is 43.7 cm³/mol. The van der Waals surface area contributed by atoms with Gasteiger partial charge in [0, 0.05) is 12.0 Å². The van der Waals surface area contributed by atoms with Crippen LogP contribution in [0.4, 0.5) is 12.9 Å². The average Bonchev–Trinajstić information content (AvgIpc) is 2.35. The number of halogens is 3. The molecule has 0 spiro atoms. The van der Waals surface area contributed by atoms with Crippen LogP contribution in [0, 0.1) is 0 Å². The van der Waals surface area contributed by atoms with Crippen LogP contribution in [0.25, 0.3) is 0 Å². The van der Waals surface area contributed by atoms with Crippen molar-refractivity contribution in [3.63, 3.8) is 0 Å². The van der Waals surface area contributed by atoms with Crippen LogP contribution in [0.3, 0.4) is 0 Å². The van der Waals surface area contributed by atoms with Gasteiger partial charge in [0.15, 0.2) is 0 Å². The summed E-state index contributed by atoms with van der Waals surface area (Å²) in [6.07, 6.45) is 0. The Bertz CT molecular complexity index is 263. The van der Waals surface area contributed by atoms with Gasteiger partial charge in [0.25, 0.3) is 0 Å². The third-order valence-electron chi connectivity index (χ3n) is 1.34. The Kier molecular flexibility index (Phi) is 6.42. The SMILES string of the molecule is COCc1cc([B-](F)(F)F)cs1.[K+]. The predicted octanol–water partition coefficient (Wildman–Crippen LogP) is -1.05. The summed E-state index contributed by atoms with van der Waals surface area (Å²) in [6, 6.07) is 1.13. The molecule has 0 N–H and O–H groups in total. The summed E-state index contributed by atoms with van der Waals surface area (Å²) >= 11 is 1.07. The summed E-state index contributed by atoms with van der Waals surface area (Å²) < 4.78 is 40.9. The molecule has 0 unspecified atom stereocenters. The van der Waals surface area contributed by atoms with Crippen LogP contribution in [0.2, 0.25) is 0 Å². The zero-order chi connectivity index (χ0) is 9.19. The van der Waals surface area contributed by atoms with Gasteiger partial charge < -0.3 is 17.7 Å². The number of hydrogen-bond donors (Lipinski definition) is 0. The molecule has 0 fully saturated rings. The van der Waals surface area contributed by atoms with E-state index in [-0.39, 0.29) is 58.0 Å². The smallest absolute Gasteiger partial charge is 0.445 e. The second kappa shape index (κ2) is 5.89. The quantitative estimate of drug-likeness (QED) is 0.606. The van der Waals surface area contributed by atoms with E-state index in [0.717, 1.165) is 22.8 Å². The standard InChI is InChI=1S/C6H7BF3OS.K/c1-11-3-6-2-5(4-12-6)7(8,9)10;/h2,4H,3H2,1H3;/q-1;+1. The number of thiophene rings is 1. The van der Waals surface area contributed by atoms with Crippen molar-refractivity contribution in [3.8, 4) is 0 Å². The number of rotatable bonds is 3. The molecule has 0 aliphatic carbocycles. The van der Waals surface area contributed by atoms with E-state index in [2.05, 4.69) is 0 Å². The number of hydrogen-bond acceptors (Lipinski definition) is 2. The largest absolute Gasteiger partial charge is 1.00 e. The van der Waals surface area contributed by atoms with E-state index >= 15 is 0 Å². The summed E-state index contributed by atoms with van der Waals surface area (Å²) in [4.78, 5) is 0.603. The average molecular weight is 234 g/mol. The Labute approximate surface area is 121 Å². The molecule has 68 valence electrons. The molecule has 1 heterocycles. The summed E-state index contributed by atoms with van der Waals surface area (Å²) in [7, 11) is 1.46. The van der Waals surface area contributed by atoms with E-state index in [1.807, 2.05) is 0 Å². The van der Waals surface area contributed by atoms with E-state index in [1.165, 1.54) is 7.11 Å². The van der Waals surface area contributed by atoms with Crippen LogP contribution in [-0.4, -0.2) is 14.1 Å². The molecule has 7 heteroatoms. The van der Waals surface area contributed by atoms with Gasteiger partial charge in [-0.1, -0.05) is 11.5 Å². The number of ether oxygens (including phenoxy) is 1. The van der Waals surface area contributed by atoms with Crippen LogP contribution in [-0.2, 0) is 11.3 Å². The zero-order valence-corrected chi connectivity index (χ0v) is 11.3. The molecule has 0 saturated carbocycles. The third-order valence-corrected chi connectivity index (χ3v) is 2.27. The third kappa shape index (κ3) is 4.46. The van der Waals surface area contributed by atoms with Crippen LogP contribution in [0.15, 0.2) is 11.4 Å². The molecular weight excluding hydrogens is 227 g/mol. The monoisotopic (exact) mass is 234 g/mol. The number of methoxy groups -OCH3 is 1. The second-order valence-electron chi connectivity index (χ2n) is 2.35. The van der Waals surface area contributed by atoms with Gasteiger partial charge >= 0.3 is 58.4 Å². The van der Waals surface area contributed by atoms with E-state index in [9.17, 15) is 12.9 Å². The van der Waals surface area contributed by atoms with Crippen molar-refractivity contribution in [3.05, 3.63) is 16.3 Å². The van der Waals surface area contributed by atoms with Crippen molar-refractivity contribution in [2.75, 3.05) is 7.11 Å². The molecule has 13 heavy (non-hydrogen) atoms. The van der Waals surface area contributed by atoms with E-state index in [0.29, 0.717) is 4.88 Å². The van der Waals surface area contributed by atoms with Gasteiger partial charge in [-0.15, -0.1) is 11.3 Å². The van der Waals surface area contributed by atoms with E-state index in [1.54, 1.807) is 0 Å². The van der Waals surface area contributed by atoms with Crippen LogP contribution >= 0.6 is 11.3 Å². The molecule has 0 radical (unpaired) electrons. The summed E-state index contributed by atoms with van der Waals surface area (Å²) in [5, 5.41) is 1.12.